The number of para-hydroxylation sites is 1. The van der Waals surface area contributed by atoms with E-state index in [-0.39, 0.29) is 30.7 Å². The normalized spacial score (nSPS) is 17.1. The number of nitrogens with one attached hydrogen (secondary N) is 1. The van der Waals surface area contributed by atoms with Gasteiger partial charge in [-0.1, -0.05) is 18.2 Å². The van der Waals surface area contributed by atoms with Crippen LogP contribution in [0.1, 0.15) is 12.8 Å². The summed E-state index contributed by atoms with van der Waals surface area (Å²) in [4.78, 5) is 13.7. The molecular weight excluding hydrogens is 297 g/mol. The van der Waals surface area contributed by atoms with E-state index in [1.165, 1.54) is 5.69 Å². The van der Waals surface area contributed by atoms with E-state index in [0.29, 0.717) is 18.9 Å². The summed E-state index contributed by atoms with van der Waals surface area (Å²) in [6, 6.07) is 10.4. The van der Waals surface area contributed by atoms with Gasteiger partial charge in [0.2, 0.25) is 5.91 Å². The lowest BCUT2D eigenvalue weighted by molar-refractivity contribution is -0.121. The molecule has 0 aromatic heterocycles. The van der Waals surface area contributed by atoms with Crippen molar-refractivity contribution in [3.8, 4) is 0 Å². The van der Waals surface area contributed by atoms with Gasteiger partial charge >= 0.3 is 0 Å². The van der Waals surface area contributed by atoms with Gasteiger partial charge in [-0.15, -0.1) is 24.8 Å². The fraction of sp³-hybridized carbons (Fsp3) is 0.500. The van der Waals surface area contributed by atoms with Gasteiger partial charge in [0.05, 0.1) is 0 Å². The number of carbonyl (C=O) groups is 1. The molecule has 0 bridgehead atoms. The summed E-state index contributed by atoms with van der Waals surface area (Å²) >= 11 is 0. The Morgan fingerprint density at radius 1 is 1.30 bits per heavy atom. The fourth-order valence-corrected chi connectivity index (χ4v) is 2.35. The SMILES string of the molecule is Cl.Cl.NCCC(=O)NCC1CCN(c2ccccc2)C1. The summed E-state index contributed by atoms with van der Waals surface area (Å²) < 4.78 is 0. The number of anilines is 1. The molecule has 4 nitrogen and oxygen atoms in total. The van der Waals surface area contributed by atoms with Gasteiger partial charge in [0.25, 0.3) is 0 Å². The summed E-state index contributed by atoms with van der Waals surface area (Å²) in [7, 11) is 0. The highest BCUT2D eigenvalue weighted by Crippen LogP contribution is 2.22. The summed E-state index contributed by atoms with van der Waals surface area (Å²) in [5, 5.41) is 2.95. The molecule has 1 amide bonds. The van der Waals surface area contributed by atoms with Crippen molar-refractivity contribution >= 4 is 36.4 Å². The maximum absolute atomic E-state index is 11.3. The molecule has 1 aromatic rings. The van der Waals surface area contributed by atoms with Crippen LogP contribution in [0.25, 0.3) is 0 Å². The van der Waals surface area contributed by atoms with Crippen molar-refractivity contribution in [1.29, 1.82) is 0 Å². The van der Waals surface area contributed by atoms with Crippen LogP contribution in [0.5, 0.6) is 0 Å². The quantitative estimate of drug-likeness (QED) is 0.870. The minimum atomic E-state index is 0. The van der Waals surface area contributed by atoms with Gasteiger partial charge in [-0.05, 0) is 24.5 Å². The Hall–Kier alpha value is -0.970. The maximum Gasteiger partial charge on any atom is 0.221 e. The number of nitrogens with zero attached hydrogens (tertiary/aromatic N) is 1. The second-order valence-electron chi connectivity index (χ2n) is 4.78. The molecule has 1 aliphatic rings. The number of nitrogens with two attached hydrogens (primary N) is 1. The smallest absolute Gasteiger partial charge is 0.221 e. The van der Waals surface area contributed by atoms with Crippen molar-refractivity contribution in [3.63, 3.8) is 0 Å². The van der Waals surface area contributed by atoms with Crippen LogP contribution in [0, 0.1) is 5.92 Å². The Bertz CT molecular complexity index is 389. The lowest BCUT2D eigenvalue weighted by atomic mass is 10.1. The standard InChI is InChI=1S/C14H21N3O.2ClH/c15-8-6-14(18)16-10-12-7-9-17(11-12)13-4-2-1-3-5-13;;/h1-5,12H,6-11,15H2,(H,16,18);2*1H. The second-order valence-corrected chi connectivity index (χ2v) is 4.78. The summed E-state index contributed by atoms with van der Waals surface area (Å²) in [6.45, 7) is 3.28. The van der Waals surface area contributed by atoms with E-state index in [2.05, 4.69) is 34.5 Å². The molecule has 1 aromatic carbocycles. The number of halogens is 2. The molecule has 3 N–H and O–H groups in total. The van der Waals surface area contributed by atoms with Crippen LogP contribution in [-0.4, -0.2) is 32.1 Å². The van der Waals surface area contributed by atoms with Crippen LogP contribution in [0.2, 0.25) is 0 Å². The van der Waals surface area contributed by atoms with Gasteiger partial charge in [0.1, 0.15) is 0 Å². The summed E-state index contributed by atoms with van der Waals surface area (Å²) in [6.07, 6.45) is 1.56. The zero-order valence-electron chi connectivity index (χ0n) is 11.5. The first-order valence-corrected chi connectivity index (χ1v) is 6.56. The van der Waals surface area contributed by atoms with E-state index in [4.69, 9.17) is 5.73 Å². The van der Waals surface area contributed by atoms with Crippen molar-refractivity contribution in [2.75, 3.05) is 31.1 Å². The molecular formula is C14H23Cl2N3O. The Morgan fingerprint density at radius 2 is 2.00 bits per heavy atom. The van der Waals surface area contributed by atoms with Gasteiger partial charge in [-0.3, -0.25) is 4.79 Å². The van der Waals surface area contributed by atoms with Crippen molar-refractivity contribution in [1.82, 2.24) is 5.32 Å². The molecule has 1 unspecified atom stereocenters. The zero-order chi connectivity index (χ0) is 12.8. The number of rotatable bonds is 5. The van der Waals surface area contributed by atoms with E-state index < -0.39 is 0 Å². The predicted octanol–water partition coefficient (Wildman–Crippen LogP) is 1.82. The predicted molar refractivity (Wildman–Crippen MR) is 87.9 cm³/mol. The second kappa shape index (κ2) is 9.86. The molecule has 1 saturated heterocycles. The molecule has 2 rings (SSSR count). The molecule has 114 valence electrons. The lowest BCUT2D eigenvalue weighted by Crippen LogP contribution is -2.32. The van der Waals surface area contributed by atoms with Gasteiger partial charge in [-0.25, -0.2) is 0 Å². The molecule has 0 aliphatic carbocycles. The Labute approximate surface area is 132 Å². The van der Waals surface area contributed by atoms with E-state index in [1.54, 1.807) is 0 Å². The molecule has 0 radical (unpaired) electrons. The Balaban J connectivity index is 0.00000180. The first-order valence-electron chi connectivity index (χ1n) is 6.56. The topological polar surface area (TPSA) is 58.4 Å². The van der Waals surface area contributed by atoms with E-state index >= 15 is 0 Å². The molecule has 6 heteroatoms. The Kier molecular flexibility index (Phi) is 9.38. The Morgan fingerprint density at radius 3 is 2.65 bits per heavy atom. The van der Waals surface area contributed by atoms with Crippen LogP contribution in [-0.2, 0) is 4.79 Å². The molecule has 1 aliphatic heterocycles. The van der Waals surface area contributed by atoms with Crippen LogP contribution >= 0.6 is 24.8 Å². The highest BCUT2D eigenvalue weighted by atomic mass is 35.5. The van der Waals surface area contributed by atoms with Gasteiger partial charge in [0, 0.05) is 38.3 Å². The first kappa shape index (κ1) is 19.0. The summed E-state index contributed by atoms with van der Waals surface area (Å²) in [5.41, 5.74) is 6.61. The van der Waals surface area contributed by atoms with Crippen LogP contribution in [0.4, 0.5) is 5.69 Å². The molecule has 20 heavy (non-hydrogen) atoms. The number of carbonyl (C=O) groups excluding carboxylic acids is 1. The van der Waals surface area contributed by atoms with Crippen molar-refractivity contribution in [3.05, 3.63) is 30.3 Å². The minimum absolute atomic E-state index is 0. The third kappa shape index (κ3) is 5.57. The monoisotopic (exact) mass is 319 g/mol. The van der Waals surface area contributed by atoms with E-state index in [9.17, 15) is 4.79 Å². The zero-order valence-corrected chi connectivity index (χ0v) is 13.1. The highest BCUT2D eigenvalue weighted by Gasteiger charge is 2.22. The summed E-state index contributed by atoms with van der Waals surface area (Å²) in [5.74, 6) is 0.614. The average Bonchev–Trinajstić information content (AvgIpc) is 2.87. The number of hydrogen-bond acceptors (Lipinski definition) is 3. The fourth-order valence-electron chi connectivity index (χ4n) is 2.35. The van der Waals surface area contributed by atoms with E-state index in [0.717, 1.165) is 26.1 Å². The first-order chi connectivity index (χ1) is 8.79. The third-order valence-electron chi connectivity index (χ3n) is 3.37. The maximum atomic E-state index is 11.3. The third-order valence-corrected chi connectivity index (χ3v) is 3.37. The van der Waals surface area contributed by atoms with Crippen LogP contribution in [0.15, 0.2) is 30.3 Å². The molecule has 1 heterocycles. The van der Waals surface area contributed by atoms with Gasteiger partial charge in [0.15, 0.2) is 0 Å². The molecule has 0 spiro atoms. The largest absolute Gasteiger partial charge is 0.371 e. The lowest BCUT2D eigenvalue weighted by Gasteiger charge is -2.18. The number of hydrogen-bond donors (Lipinski definition) is 2. The van der Waals surface area contributed by atoms with Crippen molar-refractivity contribution in [2.45, 2.75) is 12.8 Å². The molecule has 1 atom stereocenters. The molecule has 0 saturated carbocycles. The average molecular weight is 320 g/mol. The highest BCUT2D eigenvalue weighted by molar-refractivity contribution is 5.85. The van der Waals surface area contributed by atoms with Crippen LogP contribution in [0.3, 0.4) is 0 Å². The number of amides is 1. The minimum Gasteiger partial charge on any atom is -0.371 e. The number of benzene rings is 1. The van der Waals surface area contributed by atoms with Crippen molar-refractivity contribution in [2.24, 2.45) is 11.7 Å². The molecule has 1 fully saturated rings. The van der Waals surface area contributed by atoms with Crippen molar-refractivity contribution < 1.29 is 4.79 Å². The van der Waals surface area contributed by atoms with Crippen LogP contribution < -0.4 is 16.0 Å². The van der Waals surface area contributed by atoms with Gasteiger partial charge in [-0.2, -0.15) is 0 Å². The van der Waals surface area contributed by atoms with E-state index in [1.807, 2.05) is 6.07 Å². The van der Waals surface area contributed by atoms with Gasteiger partial charge < -0.3 is 16.0 Å².